The Kier molecular flexibility index (Phi) is 8.15. The zero-order valence-corrected chi connectivity index (χ0v) is 5.21. The first-order valence-electron chi connectivity index (χ1n) is 0.812. The van der Waals surface area contributed by atoms with Crippen molar-refractivity contribution >= 4 is 29.6 Å². The molecule has 0 heterocycles. The molecule has 1 radical (unpaired) electrons. The van der Waals surface area contributed by atoms with Crippen LogP contribution in [0.25, 0.3) is 0 Å². The van der Waals surface area contributed by atoms with Crippen molar-refractivity contribution in [1.29, 1.82) is 0 Å². The summed E-state index contributed by atoms with van der Waals surface area (Å²) in [6.07, 6.45) is 0. The van der Waals surface area contributed by atoms with E-state index < -0.39 is 5.03 Å². The van der Waals surface area contributed by atoms with Gasteiger partial charge < -0.3 is 0 Å². The SMILES string of the molecule is O=[N+]([O-])NO.[Na]. The summed E-state index contributed by atoms with van der Waals surface area (Å²) in [6, 6.07) is 0. The fourth-order valence-electron chi connectivity index (χ4n) is 0. The molecule has 2 N–H and O–H groups in total. The summed E-state index contributed by atoms with van der Waals surface area (Å²) in [4.78, 5) is 8.81. The van der Waals surface area contributed by atoms with Crippen molar-refractivity contribution < 1.29 is 10.2 Å². The first-order chi connectivity index (χ1) is 2.27. The standard InChI is InChI=1S/H2N2O3.Na/c3-1-2(4)5;/h1,3H;. The van der Waals surface area contributed by atoms with Crippen LogP contribution in [0.4, 0.5) is 0 Å². The molecule has 0 aliphatic carbocycles. The molecule has 0 unspecified atom stereocenters. The molecule has 0 amide bonds. The van der Waals surface area contributed by atoms with Crippen LogP contribution in [-0.2, 0) is 0 Å². The van der Waals surface area contributed by atoms with E-state index in [0.29, 0.717) is 0 Å². The van der Waals surface area contributed by atoms with E-state index >= 15 is 0 Å². The topological polar surface area (TPSA) is 75.4 Å². The monoisotopic (exact) mass is 101 g/mol. The molecule has 0 fully saturated rings. The van der Waals surface area contributed by atoms with E-state index in [4.69, 9.17) is 15.3 Å². The Morgan fingerprint density at radius 2 is 2.00 bits per heavy atom. The summed E-state index contributed by atoms with van der Waals surface area (Å²) >= 11 is 0. The Morgan fingerprint density at radius 3 is 2.00 bits per heavy atom. The normalized spacial score (nSPS) is 5.50. The second-order valence-electron chi connectivity index (χ2n) is 0.357. The molecule has 0 aromatic rings. The van der Waals surface area contributed by atoms with E-state index in [1.807, 2.05) is 0 Å². The maximum absolute atomic E-state index is 8.81. The third-order valence-electron chi connectivity index (χ3n) is 0.0816. The van der Waals surface area contributed by atoms with Crippen LogP contribution in [0, 0.1) is 10.1 Å². The summed E-state index contributed by atoms with van der Waals surface area (Å²) in [5.74, 6) is 0. The second-order valence-corrected chi connectivity index (χ2v) is 0.357. The predicted octanol–water partition coefficient (Wildman–Crippen LogP) is -1.22. The van der Waals surface area contributed by atoms with Gasteiger partial charge in [0.25, 0.3) is 0 Å². The third kappa shape index (κ3) is 8.90. The number of rotatable bonds is 1. The van der Waals surface area contributed by atoms with Crippen LogP contribution in [0.5, 0.6) is 0 Å². The quantitative estimate of drug-likeness (QED) is 0.246. The summed E-state index contributed by atoms with van der Waals surface area (Å²) < 4.78 is 0. The summed E-state index contributed by atoms with van der Waals surface area (Å²) in [6.45, 7) is 0. The first-order valence-corrected chi connectivity index (χ1v) is 0.812. The largest absolute Gasteiger partial charge is 0.239 e. The van der Waals surface area contributed by atoms with Gasteiger partial charge >= 0.3 is 0 Å². The summed E-state index contributed by atoms with van der Waals surface area (Å²) in [5, 5.41) is 14.9. The molecule has 0 aromatic carbocycles. The fraction of sp³-hybridized carbons (Fsp3) is 0. The van der Waals surface area contributed by atoms with Crippen molar-refractivity contribution in [3.05, 3.63) is 10.1 Å². The van der Waals surface area contributed by atoms with Crippen LogP contribution in [0.1, 0.15) is 0 Å². The molecule has 31 valence electrons. The average Bonchev–Trinajstić information content (AvgIpc) is 1.38. The molecule has 0 aliphatic heterocycles. The molecule has 0 atom stereocenters. The van der Waals surface area contributed by atoms with E-state index in [0.717, 1.165) is 5.59 Å². The fourth-order valence-corrected chi connectivity index (χ4v) is 0. The van der Waals surface area contributed by atoms with Gasteiger partial charge in [-0.1, -0.05) is 0 Å². The van der Waals surface area contributed by atoms with Crippen LogP contribution in [0.3, 0.4) is 0 Å². The first kappa shape index (κ1) is 9.48. The Hall–Kier alpha value is 0.160. The molecule has 0 saturated heterocycles. The van der Waals surface area contributed by atoms with E-state index in [1.165, 1.54) is 0 Å². The van der Waals surface area contributed by atoms with Crippen molar-refractivity contribution in [1.82, 2.24) is 5.59 Å². The van der Waals surface area contributed by atoms with Gasteiger partial charge in [0.2, 0.25) is 0 Å². The molecule has 0 aromatic heterocycles. The molecule has 0 rings (SSSR count). The molecule has 6 heteroatoms. The number of nitro groups is 1. The predicted molar refractivity (Wildman–Crippen MR) is 17.7 cm³/mol. The van der Waals surface area contributed by atoms with E-state index in [2.05, 4.69) is 0 Å². The minimum Gasteiger partial charge on any atom is -0.239 e. The number of nitrogens with zero attached hydrogens (tertiary/aromatic N) is 1. The van der Waals surface area contributed by atoms with E-state index in [9.17, 15) is 0 Å². The van der Waals surface area contributed by atoms with Gasteiger partial charge in [0.05, 0.1) is 0 Å². The van der Waals surface area contributed by atoms with Crippen LogP contribution in [0.15, 0.2) is 0 Å². The molecular weight excluding hydrogens is 99.0 g/mol. The van der Waals surface area contributed by atoms with Gasteiger partial charge in [-0.15, -0.1) is 0 Å². The van der Waals surface area contributed by atoms with E-state index in [1.54, 1.807) is 0 Å². The Balaban J connectivity index is 0. The van der Waals surface area contributed by atoms with Gasteiger partial charge in [-0.25, -0.2) is 15.3 Å². The van der Waals surface area contributed by atoms with Crippen molar-refractivity contribution in [2.45, 2.75) is 0 Å². The minimum absolute atomic E-state index is 0. The van der Waals surface area contributed by atoms with Crippen LogP contribution < -0.4 is 5.59 Å². The summed E-state index contributed by atoms with van der Waals surface area (Å²) in [5.41, 5.74) is 0.750. The van der Waals surface area contributed by atoms with Crippen molar-refractivity contribution in [3.63, 3.8) is 0 Å². The van der Waals surface area contributed by atoms with Gasteiger partial charge in [0.15, 0.2) is 5.03 Å². The van der Waals surface area contributed by atoms with E-state index in [-0.39, 0.29) is 29.6 Å². The molecule has 0 bridgehead atoms. The Morgan fingerprint density at radius 1 is 1.83 bits per heavy atom. The zero-order chi connectivity index (χ0) is 4.28. The van der Waals surface area contributed by atoms with Gasteiger partial charge in [-0.05, 0) is 5.59 Å². The maximum Gasteiger partial charge on any atom is 0.184 e. The van der Waals surface area contributed by atoms with Crippen LogP contribution >= 0.6 is 0 Å². The van der Waals surface area contributed by atoms with Gasteiger partial charge in [-0.3, -0.25) is 0 Å². The molecule has 0 aliphatic rings. The number of hydrogen-bond acceptors (Lipinski definition) is 3. The molecule has 6 heavy (non-hydrogen) atoms. The molecule has 0 saturated carbocycles. The van der Waals surface area contributed by atoms with Crippen LogP contribution in [-0.4, -0.2) is 39.8 Å². The number of hydrogen-bond donors (Lipinski definition) is 2. The summed E-state index contributed by atoms with van der Waals surface area (Å²) in [7, 11) is 0. The van der Waals surface area contributed by atoms with Gasteiger partial charge in [0.1, 0.15) is 0 Å². The molecular formula is H2N2NaO3. The molecule has 0 spiro atoms. The number of nitrogens with one attached hydrogen (secondary N) is 1. The zero-order valence-electron chi connectivity index (χ0n) is 3.21. The van der Waals surface area contributed by atoms with Crippen LogP contribution in [0.2, 0.25) is 0 Å². The van der Waals surface area contributed by atoms with Gasteiger partial charge in [-0.2, -0.15) is 0 Å². The number of hydrazine groups is 1. The Bertz CT molecular complexity index is 44.1. The smallest absolute Gasteiger partial charge is 0.184 e. The van der Waals surface area contributed by atoms with Crippen molar-refractivity contribution in [2.24, 2.45) is 0 Å². The second kappa shape index (κ2) is 5.16. The maximum atomic E-state index is 8.81. The average molecular weight is 101 g/mol. The third-order valence-corrected chi connectivity index (χ3v) is 0.0816. The molecule has 5 nitrogen and oxygen atoms in total. The van der Waals surface area contributed by atoms with Crippen molar-refractivity contribution in [2.75, 3.05) is 0 Å². The van der Waals surface area contributed by atoms with Gasteiger partial charge in [0, 0.05) is 29.6 Å². The minimum atomic E-state index is -1.07. The van der Waals surface area contributed by atoms with Crippen molar-refractivity contribution in [3.8, 4) is 0 Å². The Labute approximate surface area is 55.7 Å².